The fourth-order valence-corrected chi connectivity index (χ4v) is 5.24. The number of thiazole rings is 1. The van der Waals surface area contributed by atoms with E-state index in [1.165, 1.54) is 22.7 Å². The number of sulfonamides is 1. The average Bonchev–Trinajstić information content (AvgIpc) is 3.20. The molecule has 23 heavy (non-hydrogen) atoms. The maximum atomic E-state index is 12.3. The summed E-state index contributed by atoms with van der Waals surface area (Å²) in [4.78, 5) is 7.87. The number of nitrogens with zero attached hydrogens (tertiary/aromatic N) is 2. The van der Waals surface area contributed by atoms with Gasteiger partial charge in [-0.3, -0.25) is 4.90 Å². The molecule has 0 amide bonds. The molecule has 2 rings (SSSR count). The molecule has 1 N–H and O–H groups in total. The van der Waals surface area contributed by atoms with Crippen LogP contribution in [0.2, 0.25) is 0 Å². The largest absolute Gasteiger partial charge is 0.298 e. The van der Waals surface area contributed by atoms with Gasteiger partial charge in [0, 0.05) is 16.8 Å². The Bertz CT molecular complexity index is 718. The van der Waals surface area contributed by atoms with Gasteiger partial charge < -0.3 is 0 Å². The third kappa shape index (κ3) is 5.09. The molecule has 0 fully saturated rings. The lowest BCUT2D eigenvalue weighted by Crippen LogP contribution is -2.23. The van der Waals surface area contributed by atoms with Crippen molar-refractivity contribution in [2.24, 2.45) is 0 Å². The lowest BCUT2D eigenvalue weighted by atomic mass is 10.4. The summed E-state index contributed by atoms with van der Waals surface area (Å²) >= 11 is 2.82. The molecule has 0 atom stereocenters. The lowest BCUT2D eigenvalue weighted by Gasteiger charge is -2.15. The molecule has 2 aromatic heterocycles. The van der Waals surface area contributed by atoms with Gasteiger partial charge in [-0.1, -0.05) is 20.8 Å². The third-order valence-electron chi connectivity index (χ3n) is 3.54. The number of thiophene rings is 1. The van der Waals surface area contributed by atoms with Crippen molar-refractivity contribution in [1.29, 1.82) is 0 Å². The Morgan fingerprint density at radius 2 is 1.96 bits per heavy atom. The summed E-state index contributed by atoms with van der Waals surface area (Å²) in [6, 6.07) is 3.53. The SMILES string of the molecule is CCc1ccc(S(=O)(=O)NCc2nc(CN(CC)CC)cs2)s1. The van der Waals surface area contributed by atoms with Crippen molar-refractivity contribution in [2.75, 3.05) is 13.1 Å². The molecule has 0 radical (unpaired) electrons. The summed E-state index contributed by atoms with van der Waals surface area (Å²) in [5.74, 6) is 0. The highest BCUT2D eigenvalue weighted by atomic mass is 32.2. The number of aromatic nitrogens is 1. The zero-order chi connectivity index (χ0) is 16.9. The monoisotopic (exact) mass is 373 g/mol. The highest BCUT2D eigenvalue weighted by Gasteiger charge is 2.17. The predicted octanol–water partition coefficient (Wildman–Crippen LogP) is 3.09. The first kappa shape index (κ1) is 18.5. The summed E-state index contributed by atoms with van der Waals surface area (Å²) in [5, 5.41) is 2.80. The van der Waals surface area contributed by atoms with E-state index >= 15 is 0 Å². The topological polar surface area (TPSA) is 62.3 Å². The molecule has 0 saturated heterocycles. The molecule has 0 bridgehead atoms. The van der Waals surface area contributed by atoms with Gasteiger partial charge in [0.15, 0.2) is 0 Å². The Hall–Kier alpha value is -0.800. The van der Waals surface area contributed by atoms with Crippen LogP contribution in [-0.2, 0) is 29.5 Å². The molecular formula is C15H23N3O2S3. The van der Waals surface area contributed by atoms with E-state index in [0.717, 1.165) is 41.6 Å². The maximum Gasteiger partial charge on any atom is 0.250 e. The van der Waals surface area contributed by atoms with Gasteiger partial charge in [0.25, 0.3) is 0 Å². The quantitative estimate of drug-likeness (QED) is 0.734. The van der Waals surface area contributed by atoms with Gasteiger partial charge in [0.2, 0.25) is 10.0 Å². The van der Waals surface area contributed by atoms with Crippen LogP contribution in [0.4, 0.5) is 0 Å². The van der Waals surface area contributed by atoms with E-state index in [1.54, 1.807) is 6.07 Å². The van der Waals surface area contributed by atoms with Crippen LogP contribution < -0.4 is 4.72 Å². The van der Waals surface area contributed by atoms with Crippen LogP contribution in [0.1, 0.15) is 36.3 Å². The minimum absolute atomic E-state index is 0.241. The second-order valence-electron chi connectivity index (χ2n) is 5.09. The molecule has 2 aromatic rings. The highest BCUT2D eigenvalue weighted by Crippen LogP contribution is 2.22. The molecule has 5 nitrogen and oxygen atoms in total. The summed E-state index contributed by atoms with van der Waals surface area (Å²) in [5.41, 5.74) is 0.997. The van der Waals surface area contributed by atoms with Gasteiger partial charge >= 0.3 is 0 Å². The Morgan fingerprint density at radius 3 is 2.57 bits per heavy atom. The maximum absolute atomic E-state index is 12.3. The Labute approximate surface area is 146 Å². The molecule has 128 valence electrons. The number of hydrogen-bond acceptors (Lipinski definition) is 6. The van der Waals surface area contributed by atoms with Crippen LogP contribution in [0.3, 0.4) is 0 Å². The van der Waals surface area contributed by atoms with Gasteiger partial charge in [-0.05, 0) is 31.6 Å². The average molecular weight is 374 g/mol. The number of nitrogens with one attached hydrogen (secondary N) is 1. The van der Waals surface area contributed by atoms with Crippen molar-refractivity contribution in [3.63, 3.8) is 0 Å². The van der Waals surface area contributed by atoms with E-state index in [-0.39, 0.29) is 6.54 Å². The zero-order valence-corrected chi connectivity index (χ0v) is 16.2. The standard InChI is InChI=1S/C15H23N3O2S3/c1-4-13-7-8-15(22-13)23(19,20)16-9-14-17-12(11-21-14)10-18(5-2)6-3/h7-8,11,16H,4-6,9-10H2,1-3H3. The Balaban J connectivity index is 1.96. The molecule has 0 aliphatic heterocycles. The van der Waals surface area contributed by atoms with Crippen LogP contribution in [0.15, 0.2) is 21.7 Å². The minimum Gasteiger partial charge on any atom is -0.298 e. The zero-order valence-electron chi connectivity index (χ0n) is 13.7. The number of aryl methyl sites for hydroxylation is 1. The normalized spacial score (nSPS) is 12.2. The van der Waals surface area contributed by atoms with Crippen molar-refractivity contribution in [3.8, 4) is 0 Å². The van der Waals surface area contributed by atoms with Gasteiger partial charge in [-0.15, -0.1) is 22.7 Å². The molecule has 0 spiro atoms. The molecule has 0 aliphatic rings. The number of rotatable bonds is 9. The fourth-order valence-electron chi connectivity index (χ4n) is 2.10. The van der Waals surface area contributed by atoms with E-state index in [2.05, 4.69) is 28.5 Å². The smallest absolute Gasteiger partial charge is 0.250 e. The van der Waals surface area contributed by atoms with Gasteiger partial charge in [0.05, 0.1) is 12.2 Å². The van der Waals surface area contributed by atoms with E-state index in [9.17, 15) is 8.42 Å². The molecule has 0 unspecified atom stereocenters. The first-order valence-corrected chi connectivity index (χ1v) is 10.9. The van der Waals surface area contributed by atoms with E-state index in [4.69, 9.17) is 0 Å². The molecule has 0 aromatic carbocycles. The molecule has 2 heterocycles. The summed E-state index contributed by atoms with van der Waals surface area (Å²) in [6.07, 6.45) is 0.849. The number of hydrogen-bond donors (Lipinski definition) is 1. The Kier molecular flexibility index (Phi) is 6.72. The second-order valence-corrected chi connectivity index (χ2v) is 9.20. The van der Waals surface area contributed by atoms with Crippen molar-refractivity contribution >= 4 is 32.7 Å². The van der Waals surface area contributed by atoms with Crippen LogP contribution >= 0.6 is 22.7 Å². The summed E-state index contributed by atoms with van der Waals surface area (Å²) < 4.78 is 27.6. The van der Waals surface area contributed by atoms with Crippen LogP contribution in [0.25, 0.3) is 0 Å². The van der Waals surface area contributed by atoms with Gasteiger partial charge in [0.1, 0.15) is 9.22 Å². The minimum atomic E-state index is -3.45. The molecule has 8 heteroatoms. The fraction of sp³-hybridized carbons (Fsp3) is 0.533. The third-order valence-corrected chi connectivity index (χ3v) is 7.56. The van der Waals surface area contributed by atoms with E-state index < -0.39 is 10.0 Å². The van der Waals surface area contributed by atoms with Gasteiger partial charge in [-0.2, -0.15) is 0 Å². The summed E-state index contributed by atoms with van der Waals surface area (Å²) in [6.45, 7) is 9.27. The van der Waals surface area contributed by atoms with Gasteiger partial charge in [-0.25, -0.2) is 18.1 Å². The van der Waals surface area contributed by atoms with Crippen molar-refractivity contribution in [2.45, 2.75) is 44.5 Å². The van der Waals surface area contributed by atoms with Crippen LogP contribution in [-0.4, -0.2) is 31.4 Å². The highest BCUT2D eigenvalue weighted by molar-refractivity contribution is 7.91. The lowest BCUT2D eigenvalue weighted by molar-refractivity contribution is 0.292. The molecular weight excluding hydrogens is 350 g/mol. The molecule has 0 saturated carbocycles. The second kappa shape index (κ2) is 8.34. The van der Waals surface area contributed by atoms with Crippen molar-refractivity contribution in [3.05, 3.63) is 33.1 Å². The first-order chi connectivity index (χ1) is 11.0. The first-order valence-electron chi connectivity index (χ1n) is 7.72. The van der Waals surface area contributed by atoms with Crippen molar-refractivity contribution in [1.82, 2.24) is 14.6 Å². The van der Waals surface area contributed by atoms with Crippen LogP contribution in [0, 0.1) is 0 Å². The van der Waals surface area contributed by atoms with Crippen LogP contribution in [0.5, 0.6) is 0 Å². The molecule has 0 aliphatic carbocycles. The predicted molar refractivity (Wildman–Crippen MR) is 96.5 cm³/mol. The van der Waals surface area contributed by atoms with E-state index in [1.807, 2.05) is 18.4 Å². The summed E-state index contributed by atoms with van der Waals surface area (Å²) in [7, 11) is -3.45. The van der Waals surface area contributed by atoms with E-state index in [0.29, 0.717) is 4.21 Å². The Morgan fingerprint density at radius 1 is 1.22 bits per heavy atom. The van der Waals surface area contributed by atoms with Crippen molar-refractivity contribution < 1.29 is 8.42 Å².